The van der Waals surface area contributed by atoms with Crippen molar-refractivity contribution in [3.8, 4) is 17.0 Å². The van der Waals surface area contributed by atoms with E-state index in [0.29, 0.717) is 49.6 Å². The van der Waals surface area contributed by atoms with Crippen molar-refractivity contribution >= 4 is 22.5 Å². The Morgan fingerprint density at radius 2 is 2.14 bits per heavy atom. The first kappa shape index (κ1) is 22.2. The minimum absolute atomic E-state index is 0.251. The van der Waals surface area contributed by atoms with Gasteiger partial charge in [-0.2, -0.15) is 4.98 Å². The summed E-state index contributed by atoms with van der Waals surface area (Å²) in [6.45, 7) is 2.34. The van der Waals surface area contributed by atoms with E-state index in [0.717, 1.165) is 28.7 Å². The molecule has 11 heteroatoms. The van der Waals surface area contributed by atoms with Crippen molar-refractivity contribution in [2.45, 2.75) is 31.2 Å². The SMILES string of the molecule is COc1nc(N[C@H]2CCN(C3COC3)C[C@@H]2F)nn2ccc(-c3ccc4ncn(CCF)c4c3)c12. The highest BCUT2D eigenvalue weighted by atomic mass is 19.1. The number of likely N-dealkylation sites (tertiary alicyclic amines) is 1. The quantitative estimate of drug-likeness (QED) is 0.433. The molecule has 2 saturated heterocycles. The standard InChI is InChI=1S/C24H27F2N7O2/c1-34-23-22-17(15-2-3-20-21(10-15)32(9-6-25)14-27-20)4-8-33(22)30-24(29-23)28-19-5-7-31(11-18(19)26)16-12-35-13-16/h2-4,8,10,14,16,18-19H,5-7,9,11-13H2,1H3,(H,28,30)/t18-,19-/m0/s1. The third kappa shape index (κ3) is 3.98. The average molecular weight is 484 g/mol. The third-order valence-electron chi connectivity index (χ3n) is 6.95. The second-order valence-corrected chi connectivity index (χ2v) is 9.04. The summed E-state index contributed by atoms with van der Waals surface area (Å²) in [6, 6.07) is 7.75. The van der Waals surface area contributed by atoms with E-state index in [9.17, 15) is 8.78 Å². The molecular formula is C24H27F2N7O2. The first-order valence-corrected chi connectivity index (χ1v) is 11.8. The Labute approximate surface area is 200 Å². The van der Waals surface area contributed by atoms with Crippen LogP contribution in [-0.2, 0) is 11.3 Å². The van der Waals surface area contributed by atoms with Crippen LogP contribution in [0.2, 0.25) is 0 Å². The fraction of sp³-hybridized carbons (Fsp3) is 0.458. The van der Waals surface area contributed by atoms with E-state index < -0.39 is 12.8 Å². The Morgan fingerprint density at radius 3 is 2.89 bits per heavy atom. The minimum Gasteiger partial charge on any atom is -0.479 e. The highest BCUT2D eigenvalue weighted by Gasteiger charge is 2.35. The van der Waals surface area contributed by atoms with Crippen LogP contribution in [0.15, 0.2) is 36.8 Å². The molecule has 1 aromatic carbocycles. The van der Waals surface area contributed by atoms with Gasteiger partial charge in [-0.25, -0.2) is 18.3 Å². The molecule has 5 heterocycles. The number of halogens is 2. The lowest BCUT2D eigenvalue weighted by Crippen LogP contribution is -2.57. The van der Waals surface area contributed by atoms with Crippen molar-refractivity contribution < 1.29 is 18.3 Å². The Morgan fingerprint density at radius 1 is 1.26 bits per heavy atom. The second-order valence-electron chi connectivity index (χ2n) is 9.04. The zero-order valence-electron chi connectivity index (χ0n) is 19.4. The summed E-state index contributed by atoms with van der Waals surface area (Å²) in [7, 11) is 1.56. The van der Waals surface area contributed by atoms with Crippen molar-refractivity contribution in [3.05, 3.63) is 36.8 Å². The number of fused-ring (bicyclic) bond motifs is 2. The molecule has 9 nitrogen and oxygen atoms in total. The van der Waals surface area contributed by atoms with E-state index in [1.807, 2.05) is 30.5 Å². The summed E-state index contributed by atoms with van der Waals surface area (Å²) in [5.41, 5.74) is 4.15. The molecule has 2 aliphatic heterocycles. The molecule has 3 aromatic heterocycles. The zero-order chi connectivity index (χ0) is 23.9. The van der Waals surface area contributed by atoms with Crippen molar-refractivity contribution in [2.24, 2.45) is 0 Å². The van der Waals surface area contributed by atoms with Crippen molar-refractivity contribution in [1.82, 2.24) is 29.0 Å². The number of nitrogens with zero attached hydrogens (tertiary/aromatic N) is 6. The lowest BCUT2D eigenvalue weighted by atomic mass is 10.0. The van der Waals surface area contributed by atoms with Crippen LogP contribution in [-0.4, -0.2) is 87.4 Å². The maximum Gasteiger partial charge on any atom is 0.244 e. The highest BCUT2D eigenvalue weighted by Crippen LogP contribution is 2.33. The van der Waals surface area contributed by atoms with Gasteiger partial charge in [-0.05, 0) is 30.2 Å². The van der Waals surface area contributed by atoms with Gasteiger partial charge in [0.1, 0.15) is 18.4 Å². The first-order chi connectivity index (χ1) is 17.1. The number of anilines is 1. The Hall–Kier alpha value is -3.31. The van der Waals surface area contributed by atoms with Crippen LogP contribution in [0.5, 0.6) is 5.88 Å². The van der Waals surface area contributed by atoms with Gasteiger partial charge in [-0.15, -0.1) is 5.10 Å². The molecule has 6 rings (SSSR count). The van der Waals surface area contributed by atoms with Crippen molar-refractivity contribution in [2.75, 3.05) is 45.4 Å². The van der Waals surface area contributed by atoms with Crippen LogP contribution in [0.1, 0.15) is 6.42 Å². The molecule has 0 radical (unpaired) electrons. The second kappa shape index (κ2) is 9.04. The van der Waals surface area contributed by atoms with E-state index >= 15 is 0 Å². The average Bonchev–Trinajstić information content (AvgIpc) is 3.43. The fourth-order valence-corrected chi connectivity index (χ4v) is 4.94. The molecule has 2 fully saturated rings. The summed E-state index contributed by atoms with van der Waals surface area (Å²) in [5.74, 6) is 0.709. The number of rotatable bonds is 7. The lowest BCUT2D eigenvalue weighted by molar-refractivity contribution is -0.0794. The predicted molar refractivity (Wildman–Crippen MR) is 127 cm³/mol. The normalized spacial score (nSPS) is 21.5. The van der Waals surface area contributed by atoms with E-state index in [1.165, 1.54) is 0 Å². The molecule has 4 aromatic rings. The third-order valence-corrected chi connectivity index (χ3v) is 6.95. The van der Waals surface area contributed by atoms with Crippen LogP contribution in [0.3, 0.4) is 0 Å². The lowest BCUT2D eigenvalue weighted by Gasteiger charge is -2.42. The van der Waals surface area contributed by atoms with E-state index in [-0.39, 0.29) is 12.6 Å². The van der Waals surface area contributed by atoms with Gasteiger partial charge in [0.25, 0.3) is 0 Å². The van der Waals surface area contributed by atoms with Crippen LogP contribution in [0.4, 0.5) is 14.7 Å². The molecule has 0 amide bonds. The fourth-order valence-electron chi connectivity index (χ4n) is 4.94. The molecule has 0 spiro atoms. The van der Waals surface area contributed by atoms with Crippen LogP contribution >= 0.6 is 0 Å². The molecule has 1 N–H and O–H groups in total. The monoisotopic (exact) mass is 483 g/mol. The summed E-state index contributed by atoms with van der Waals surface area (Å²) < 4.78 is 42.2. The number of aryl methyl sites for hydroxylation is 1. The minimum atomic E-state index is -1.03. The molecule has 2 atom stereocenters. The predicted octanol–water partition coefficient (Wildman–Crippen LogP) is 2.95. The number of hydrogen-bond acceptors (Lipinski definition) is 7. The van der Waals surface area contributed by atoms with Gasteiger partial charge in [0.15, 0.2) is 0 Å². The summed E-state index contributed by atoms with van der Waals surface area (Å²) >= 11 is 0. The van der Waals surface area contributed by atoms with Crippen LogP contribution < -0.4 is 10.1 Å². The summed E-state index contributed by atoms with van der Waals surface area (Å²) in [6.07, 6.45) is 3.10. The molecule has 0 unspecified atom stereocenters. The summed E-state index contributed by atoms with van der Waals surface area (Å²) in [5, 5.41) is 7.77. The highest BCUT2D eigenvalue weighted by molar-refractivity contribution is 5.89. The molecule has 184 valence electrons. The first-order valence-electron chi connectivity index (χ1n) is 11.8. The van der Waals surface area contributed by atoms with Gasteiger partial charge in [0.05, 0.1) is 56.3 Å². The number of nitrogens with one attached hydrogen (secondary N) is 1. The number of alkyl halides is 2. The number of imidazole rings is 1. The van der Waals surface area contributed by atoms with Gasteiger partial charge in [-0.1, -0.05) is 6.07 Å². The molecule has 0 bridgehead atoms. The van der Waals surface area contributed by atoms with Gasteiger partial charge in [-0.3, -0.25) is 4.90 Å². The molecule has 35 heavy (non-hydrogen) atoms. The maximum absolute atomic E-state index is 14.9. The Kier molecular flexibility index (Phi) is 5.73. The van der Waals surface area contributed by atoms with Crippen molar-refractivity contribution in [3.63, 3.8) is 0 Å². The largest absolute Gasteiger partial charge is 0.479 e. The van der Waals surface area contributed by atoms with E-state index in [4.69, 9.17) is 9.47 Å². The number of methoxy groups -OCH3 is 1. The van der Waals surface area contributed by atoms with Gasteiger partial charge < -0.3 is 19.4 Å². The Bertz CT molecular complexity index is 1350. The molecule has 0 aliphatic carbocycles. The van der Waals surface area contributed by atoms with Gasteiger partial charge >= 0.3 is 0 Å². The maximum atomic E-state index is 14.9. The molecule has 2 aliphatic rings. The number of piperidine rings is 1. The van der Waals surface area contributed by atoms with Crippen LogP contribution in [0.25, 0.3) is 27.7 Å². The van der Waals surface area contributed by atoms with Gasteiger partial charge in [0.2, 0.25) is 11.8 Å². The summed E-state index contributed by atoms with van der Waals surface area (Å²) in [4.78, 5) is 11.1. The smallest absolute Gasteiger partial charge is 0.244 e. The number of ether oxygens (including phenoxy) is 2. The topological polar surface area (TPSA) is 81.7 Å². The zero-order valence-corrected chi connectivity index (χ0v) is 19.4. The van der Waals surface area contributed by atoms with E-state index in [2.05, 4.69) is 25.3 Å². The Balaban J connectivity index is 1.28. The van der Waals surface area contributed by atoms with E-state index in [1.54, 1.807) is 22.5 Å². The van der Waals surface area contributed by atoms with Crippen molar-refractivity contribution in [1.29, 1.82) is 0 Å². The van der Waals surface area contributed by atoms with Crippen LogP contribution in [0, 0.1) is 0 Å². The molecular weight excluding hydrogens is 456 g/mol. The number of benzene rings is 1. The number of hydrogen-bond donors (Lipinski definition) is 1. The number of aromatic nitrogens is 5. The molecule has 0 saturated carbocycles. The van der Waals surface area contributed by atoms with Gasteiger partial charge in [0, 0.05) is 24.8 Å².